The van der Waals surface area contributed by atoms with Gasteiger partial charge in [0.05, 0.1) is 11.3 Å². The third kappa shape index (κ3) is 3.19. The highest BCUT2D eigenvalue weighted by molar-refractivity contribution is 7.10. The third-order valence-electron chi connectivity index (χ3n) is 4.86. The Morgan fingerprint density at radius 2 is 1.77 bits per heavy atom. The SMILES string of the molecule is Cc1cc(/C(O)=C2/C(=O)C(=O)N(c3cc(F)ccc3F)C2c2cccs2)ccc1F. The van der Waals surface area contributed by atoms with E-state index in [1.807, 2.05) is 0 Å². The summed E-state index contributed by atoms with van der Waals surface area (Å²) in [4.78, 5) is 27.0. The molecule has 0 spiro atoms. The highest BCUT2D eigenvalue weighted by atomic mass is 32.1. The molecule has 4 nitrogen and oxygen atoms in total. The molecule has 0 aliphatic carbocycles. The lowest BCUT2D eigenvalue weighted by molar-refractivity contribution is -0.132. The number of amides is 1. The average Bonchev–Trinajstić information content (AvgIpc) is 3.33. The van der Waals surface area contributed by atoms with Gasteiger partial charge in [-0.1, -0.05) is 6.07 Å². The van der Waals surface area contributed by atoms with E-state index in [0.717, 1.165) is 29.2 Å². The molecule has 1 amide bonds. The maximum atomic E-state index is 14.5. The van der Waals surface area contributed by atoms with Gasteiger partial charge in [-0.3, -0.25) is 14.5 Å². The number of aliphatic hydroxyl groups excluding tert-OH is 1. The van der Waals surface area contributed by atoms with Crippen molar-refractivity contribution in [1.29, 1.82) is 0 Å². The lowest BCUT2D eigenvalue weighted by atomic mass is 9.98. The summed E-state index contributed by atoms with van der Waals surface area (Å²) in [6.45, 7) is 1.49. The molecular formula is C22H14F3NO3S. The van der Waals surface area contributed by atoms with Gasteiger partial charge in [0.15, 0.2) is 0 Å². The van der Waals surface area contributed by atoms with Crippen LogP contribution in [0.3, 0.4) is 0 Å². The first-order valence-electron chi connectivity index (χ1n) is 8.85. The van der Waals surface area contributed by atoms with Crippen LogP contribution in [0.1, 0.15) is 22.0 Å². The molecule has 1 atom stereocenters. The first-order chi connectivity index (χ1) is 14.3. The van der Waals surface area contributed by atoms with Gasteiger partial charge in [0.2, 0.25) is 0 Å². The maximum absolute atomic E-state index is 14.5. The minimum atomic E-state index is -1.16. The summed E-state index contributed by atoms with van der Waals surface area (Å²) >= 11 is 1.19. The monoisotopic (exact) mass is 429 g/mol. The molecule has 0 bridgehead atoms. The van der Waals surface area contributed by atoms with E-state index in [0.29, 0.717) is 4.88 Å². The molecule has 30 heavy (non-hydrogen) atoms. The lowest BCUT2D eigenvalue weighted by Crippen LogP contribution is -2.30. The van der Waals surface area contributed by atoms with Crippen LogP contribution in [0.25, 0.3) is 5.76 Å². The summed E-state index contributed by atoms with van der Waals surface area (Å²) in [6.07, 6.45) is 0. The normalized spacial score (nSPS) is 18.3. The first-order valence-corrected chi connectivity index (χ1v) is 9.73. The zero-order valence-electron chi connectivity index (χ0n) is 15.5. The summed E-state index contributed by atoms with van der Waals surface area (Å²) in [7, 11) is 0. The second-order valence-electron chi connectivity index (χ2n) is 6.74. The Kier molecular flexibility index (Phi) is 4.95. The highest BCUT2D eigenvalue weighted by Crippen LogP contribution is 2.44. The van der Waals surface area contributed by atoms with Gasteiger partial charge in [0, 0.05) is 16.5 Å². The second kappa shape index (κ2) is 7.46. The van der Waals surface area contributed by atoms with Crippen LogP contribution in [0.5, 0.6) is 0 Å². The van der Waals surface area contributed by atoms with Crippen LogP contribution in [0.4, 0.5) is 18.9 Å². The number of nitrogens with zero attached hydrogens (tertiary/aromatic N) is 1. The number of anilines is 1. The van der Waals surface area contributed by atoms with Crippen molar-refractivity contribution in [2.75, 3.05) is 4.90 Å². The van der Waals surface area contributed by atoms with Crippen LogP contribution in [0, 0.1) is 24.4 Å². The fourth-order valence-electron chi connectivity index (χ4n) is 3.41. The molecule has 1 N–H and O–H groups in total. The van der Waals surface area contributed by atoms with Crippen LogP contribution in [-0.4, -0.2) is 16.8 Å². The van der Waals surface area contributed by atoms with Crippen molar-refractivity contribution in [2.45, 2.75) is 13.0 Å². The molecule has 1 saturated heterocycles. The molecule has 2 aromatic carbocycles. The zero-order valence-corrected chi connectivity index (χ0v) is 16.3. The number of Topliss-reactive ketones (excluding diaryl/α,β-unsaturated/α-hetero) is 1. The molecular weight excluding hydrogens is 415 g/mol. The van der Waals surface area contributed by atoms with Crippen LogP contribution < -0.4 is 4.90 Å². The Bertz CT molecular complexity index is 1200. The van der Waals surface area contributed by atoms with E-state index >= 15 is 0 Å². The molecule has 1 aromatic heterocycles. The van der Waals surface area contributed by atoms with Crippen molar-refractivity contribution in [2.24, 2.45) is 0 Å². The summed E-state index contributed by atoms with van der Waals surface area (Å²) in [5.41, 5.74) is -0.327. The molecule has 1 aliphatic heterocycles. The first kappa shape index (κ1) is 19.9. The molecule has 8 heteroatoms. The quantitative estimate of drug-likeness (QED) is 0.358. The summed E-state index contributed by atoms with van der Waals surface area (Å²) in [5, 5.41) is 12.6. The summed E-state index contributed by atoms with van der Waals surface area (Å²) in [6, 6.07) is 8.46. The maximum Gasteiger partial charge on any atom is 0.300 e. The van der Waals surface area contributed by atoms with Crippen molar-refractivity contribution in [3.8, 4) is 0 Å². The fourth-order valence-corrected chi connectivity index (χ4v) is 4.24. The predicted octanol–water partition coefficient (Wildman–Crippen LogP) is 5.10. The van der Waals surface area contributed by atoms with Gasteiger partial charge >= 0.3 is 0 Å². The average molecular weight is 429 g/mol. The summed E-state index contributed by atoms with van der Waals surface area (Å²) in [5.74, 6) is -4.84. The Balaban J connectivity index is 1.96. The Morgan fingerprint density at radius 1 is 1.03 bits per heavy atom. The number of carbonyl (C=O) groups excluding carboxylic acids is 2. The van der Waals surface area contributed by atoms with Crippen LogP contribution >= 0.6 is 11.3 Å². The van der Waals surface area contributed by atoms with Gasteiger partial charge in [-0.25, -0.2) is 13.2 Å². The Morgan fingerprint density at radius 3 is 2.43 bits per heavy atom. The lowest BCUT2D eigenvalue weighted by Gasteiger charge is -2.24. The van der Waals surface area contributed by atoms with Gasteiger partial charge in [-0.15, -0.1) is 11.3 Å². The number of aryl methyl sites for hydroxylation is 1. The van der Waals surface area contributed by atoms with E-state index < -0.39 is 46.6 Å². The van der Waals surface area contributed by atoms with Crippen LogP contribution in [-0.2, 0) is 9.59 Å². The molecule has 3 aromatic rings. The largest absolute Gasteiger partial charge is 0.507 e. The van der Waals surface area contributed by atoms with Crippen molar-refractivity contribution in [1.82, 2.24) is 0 Å². The van der Waals surface area contributed by atoms with E-state index in [9.17, 15) is 27.9 Å². The molecule has 1 fully saturated rings. The smallest absolute Gasteiger partial charge is 0.300 e. The molecule has 1 unspecified atom stereocenters. The molecule has 0 radical (unpaired) electrons. The number of ketones is 1. The number of rotatable bonds is 3. The van der Waals surface area contributed by atoms with Gasteiger partial charge in [0.1, 0.15) is 29.3 Å². The predicted molar refractivity (Wildman–Crippen MR) is 107 cm³/mol. The van der Waals surface area contributed by atoms with Gasteiger partial charge in [-0.2, -0.15) is 0 Å². The van der Waals surface area contributed by atoms with Crippen LogP contribution in [0.2, 0.25) is 0 Å². The van der Waals surface area contributed by atoms with E-state index in [4.69, 9.17) is 0 Å². The number of hydrogen-bond donors (Lipinski definition) is 1. The number of hydrogen-bond acceptors (Lipinski definition) is 4. The van der Waals surface area contributed by atoms with E-state index in [1.165, 1.54) is 30.4 Å². The van der Waals surface area contributed by atoms with E-state index in [-0.39, 0.29) is 16.7 Å². The minimum absolute atomic E-state index is 0.133. The highest BCUT2D eigenvalue weighted by Gasteiger charge is 2.48. The minimum Gasteiger partial charge on any atom is -0.507 e. The van der Waals surface area contributed by atoms with Gasteiger partial charge < -0.3 is 5.11 Å². The third-order valence-corrected chi connectivity index (χ3v) is 5.78. The number of carbonyl (C=O) groups is 2. The van der Waals surface area contributed by atoms with E-state index in [1.54, 1.807) is 17.5 Å². The summed E-state index contributed by atoms with van der Waals surface area (Å²) < 4.78 is 42.0. The Hall–Kier alpha value is -3.39. The topological polar surface area (TPSA) is 57.6 Å². The van der Waals surface area contributed by atoms with Crippen molar-refractivity contribution in [3.63, 3.8) is 0 Å². The number of benzene rings is 2. The van der Waals surface area contributed by atoms with E-state index in [2.05, 4.69) is 0 Å². The molecule has 1 aliphatic rings. The van der Waals surface area contributed by atoms with Gasteiger partial charge in [0.25, 0.3) is 11.7 Å². The molecule has 4 rings (SSSR count). The number of halogens is 3. The number of aliphatic hydroxyl groups is 1. The second-order valence-corrected chi connectivity index (χ2v) is 7.72. The fraction of sp³-hybridized carbons (Fsp3) is 0.0909. The Labute approximate surface area is 173 Å². The van der Waals surface area contributed by atoms with Crippen molar-refractivity contribution >= 4 is 34.5 Å². The number of thiophene rings is 1. The van der Waals surface area contributed by atoms with Crippen LogP contribution in [0.15, 0.2) is 59.5 Å². The molecule has 152 valence electrons. The molecule has 0 saturated carbocycles. The van der Waals surface area contributed by atoms with Crippen molar-refractivity contribution in [3.05, 3.63) is 92.9 Å². The van der Waals surface area contributed by atoms with Crippen molar-refractivity contribution < 1.29 is 27.9 Å². The van der Waals surface area contributed by atoms with Gasteiger partial charge in [-0.05, 0) is 54.3 Å². The zero-order chi connectivity index (χ0) is 21.6. The molecule has 2 heterocycles. The standard InChI is InChI=1S/C22H14F3NO3S/c1-11-9-12(4-6-14(11)24)20(27)18-19(17-3-2-8-30-17)26(22(29)21(18)28)16-10-13(23)5-7-15(16)25/h2-10,19,27H,1H3/b20-18-.